The summed E-state index contributed by atoms with van der Waals surface area (Å²) in [7, 11) is -3.58. The van der Waals surface area contributed by atoms with Gasteiger partial charge < -0.3 is 9.47 Å². The zero-order chi connectivity index (χ0) is 14.6. The Balaban J connectivity index is 2.16. The third kappa shape index (κ3) is 3.71. The summed E-state index contributed by atoms with van der Waals surface area (Å²) in [6.45, 7) is 5.13. The van der Waals surface area contributed by atoms with Crippen LogP contribution >= 0.6 is 0 Å². The minimum atomic E-state index is -3.58. The third-order valence-corrected chi connectivity index (χ3v) is 4.66. The highest BCUT2D eigenvalue weighted by Crippen LogP contribution is 2.25. The van der Waals surface area contributed by atoms with Crippen LogP contribution in [0.5, 0.6) is 5.75 Å². The van der Waals surface area contributed by atoms with Crippen LogP contribution in [0.4, 0.5) is 0 Å². The molecule has 1 aromatic carbocycles. The van der Waals surface area contributed by atoms with Crippen molar-refractivity contribution in [1.29, 1.82) is 0 Å². The fraction of sp³-hybridized carbons (Fsp3) is 0.571. The van der Waals surface area contributed by atoms with Gasteiger partial charge in [-0.1, -0.05) is 6.07 Å². The lowest BCUT2D eigenvalue weighted by molar-refractivity contribution is 0.114. The van der Waals surface area contributed by atoms with Gasteiger partial charge in [0.25, 0.3) is 0 Å². The Kier molecular flexibility index (Phi) is 5.01. The monoisotopic (exact) mass is 299 g/mol. The molecule has 0 radical (unpaired) electrons. The lowest BCUT2D eigenvalue weighted by Gasteiger charge is -2.14. The Morgan fingerprint density at radius 1 is 1.45 bits per heavy atom. The summed E-state index contributed by atoms with van der Waals surface area (Å²) in [6.07, 6.45) is 1.86. The van der Waals surface area contributed by atoms with Crippen LogP contribution < -0.4 is 9.46 Å². The van der Waals surface area contributed by atoms with E-state index in [-0.39, 0.29) is 11.0 Å². The Morgan fingerprint density at radius 3 is 2.90 bits per heavy atom. The molecule has 1 aromatic rings. The van der Waals surface area contributed by atoms with E-state index < -0.39 is 10.0 Å². The SMILES string of the molecule is CCOc1ccc(C)cc1S(=O)(=O)NC[C@@H]1CCCO1. The number of hydrogen-bond acceptors (Lipinski definition) is 4. The van der Waals surface area contributed by atoms with Gasteiger partial charge in [-0.15, -0.1) is 0 Å². The van der Waals surface area contributed by atoms with Crippen LogP contribution in [0, 0.1) is 6.92 Å². The average Bonchev–Trinajstić information content (AvgIpc) is 2.92. The summed E-state index contributed by atoms with van der Waals surface area (Å²) >= 11 is 0. The molecule has 6 heteroatoms. The van der Waals surface area contributed by atoms with Crippen molar-refractivity contribution in [3.05, 3.63) is 23.8 Å². The predicted molar refractivity (Wildman–Crippen MR) is 76.5 cm³/mol. The van der Waals surface area contributed by atoms with E-state index in [2.05, 4.69) is 4.72 Å². The highest BCUT2D eigenvalue weighted by Gasteiger charge is 2.23. The lowest BCUT2D eigenvalue weighted by Crippen LogP contribution is -2.32. The molecule has 0 unspecified atom stereocenters. The van der Waals surface area contributed by atoms with Crippen molar-refractivity contribution in [2.75, 3.05) is 19.8 Å². The summed E-state index contributed by atoms with van der Waals surface area (Å²) in [6, 6.07) is 5.16. The van der Waals surface area contributed by atoms with Gasteiger partial charge in [0.1, 0.15) is 10.6 Å². The van der Waals surface area contributed by atoms with Gasteiger partial charge in [-0.05, 0) is 44.4 Å². The van der Waals surface area contributed by atoms with Crippen LogP contribution in [0.25, 0.3) is 0 Å². The number of sulfonamides is 1. The Morgan fingerprint density at radius 2 is 2.25 bits per heavy atom. The molecule has 0 amide bonds. The molecule has 1 aliphatic heterocycles. The smallest absolute Gasteiger partial charge is 0.244 e. The first-order valence-corrected chi connectivity index (χ1v) is 8.36. The highest BCUT2D eigenvalue weighted by molar-refractivity contribution is 7.89. The molecule has 20 heavy (non-hydrogen) atoms. The van der Waals surface area contributed by atoms with Crippen molar-refractivity contribution in [2.24, 2.45) is 0 Å². The molecule has 1 N–H and O–H groups in total. The quantitative estimate of drug-likeness (QED) is 0.870. The van der Waals surface area contributed by atoms with Gasteiger partial charge in [-0.25, -0.2) is 13.1 Å². The van der Waals surface area contributed by atoms with E-state index in [0.29, 0.717) is 25.5 Å². The first-order valence-electron chi connectivity index (χ1n) is 6.87. The first-order chi connectivity index (χ1) is 9.53. The van der Waals surface area contributed by atoms with Gasteiger partial charge in [-0.3, -0.25) is 0 Å². The van der Waals surface area contributed by atoms with E-state index in [4.69, 9.17) is 9.47 Å². The van der Waals surface area contributed by atoms with Gasteiger partial charge in [-0.2, -0.15) is 0 Å². The molecule has 2 rings (SSSR count). The van der Waals surface area contributed by atoms with E-state index in [1.165, 1.54) is 0 Å². The number of ether oxygens (including phenoxy) is 2. The summed E-state index contributed by atoms with van der Waals surface area (Å²) in [4.78, 5) is 0.192. The molecule has 5 nitrogen and oxygen atoms in total. The lowest BCUT2D eigenvalue weighted by atomic mass is 10.2. The zero-order valence-electron chi connectivity index (χ0n) is 11.9. The summed E-state index contributed by atoms with van der Waals surface area (Å²) < 4.78 is 38.2. The Labute approximate surface area is 120 Å². The van der Waals surface area contributed by atoms with E-state index in [0.717, 1.165) is 18.4 Å². The molecule has 1 saturated heterocycles. The molecule has 112 valence electrons. The fourth-order valence-electron chi connectivity index (χ4n) is 2.19. The summed E-state index contributed by atoms with van der Waals surface area (Å²) in [5, 5.41) is 0. The van der Waals surface area contributed by atoms with Crippen LogP contribution in [0.15, 0.2) is 23.1 Å². The van der Waals surface area contributed by atoms with Crippen molar-refractivity contribution < 1.29 is 17.9 Å². The third-order valence-electron chi connectivity index (χ3n) is 3.21. The fourth-order valence-corrected chi connectivity index (χ4v) is 3.48. The van der Waals surface area contributed by atoms with Crippen molar-refractivity contribution >= 4 is 10.0 Å². The minimum Gasteiger partial charge on any atom is -0.492 e. The second kappa shape index (κ2) is 6.56. The van der Waals surface area contributed by atoms with Crippen LogP contribution in [0.1, 0.15) is 25.3 Å². The van der Waals surface area contributed by atoms with E-state index in [9.17, 15) is 8.42 Å². The van der Waals surface area contributed by atoms with Crippen LogP contribution in [-0.2, 0) is 14.8 Å². The maximum Gasteiger partial charge on any atom is 0.244 e. The minimum absolute atomic E-state index is 0.0230. The normalized spacial score (nSPS) is 19.2. The van der Waals surface area contributed by atoms with Crippen LogP contribution in [0.2, 0.25) is 0 Å². The number of nitrogens with one attached hydrogen (secondary N) is 1. The predicted octanol–water partition coefficient (Wildman–Crippen LogP) is 1.85. The molecular weight excluding hydrogens is 278 g/mol. The maximum atomic E-state index is 12.4. The molecule has 0 saturated carbocycles. The molecule has 0 aliphatic carbocycles. The largest absolute Gasteiger partial charge is 0.492 e. The number of benzene rings is 1. The second-order valence-electron chi connectivity index (χ2n) is 4.87. The standard InChI is InChI=1S/C14H21NO4S/c1-3-18-13-7-6-11(2)9-14(13)20(16,17)15-10-12-5-4-8-19-12/h6-7,9,12,15H,3-5,8,10H2,1-2H3/t12-/m0/s1. The number of aryl methyl sites for hydroxylation is 1. The van der Waals surface area contributed by atoms with Gasteiger partial charge >= 0.3 is 0 Å². The maximum absolute atomic E-state index is 12.4. The van der Waals surface area contributed by atoms with Crippen LogP contribution in [-0.4, -0.2) is 34.3 Å². The Bertz CT molecular complexity index is 550. The average molecular weight is 299 g/mol. The zero-order valence-corrected chi connectivity index (χ0v) is 12.7. The molecule has 0 spiro atoms. The number of hydrogen-bond donors (Lipinski definition) is 1. The molecule has 0 bridgehead atoms. The molecule has 0 aromatic heterocycles. The molecule has 1 aliphatic rings. The molecule has 1 atom stereocenters. The molecular formula is C14H21NO4S. The van der Waals surface area contributed by atoms with Crippen molar-refractivity contribution in [2.45, 2.75) is 37.7 Å². The van der Waals surface area contributed by atoms with E-state index in [1.54, 1.807) is 12.1 Å². The van der Waals surface area contributed by atoms with Crippen molar-refractivity contribution in [1.82, 2.24) is 4.72 Å². The molecule has 1 fully saturated rings. The van der Waals surface area contributed by atoms with Crippen molar-refractivity contribution in [3.63, 3.8) is 0 Å². The summed E-state index contributed by atoms with van der Waals surface area (Å²) in [5.41, 5.74) is 0.881. The number of rotatable bonds is 6. The highest BCUT2D eigenvalue weighted by atomic mass is 32.2. The van der Waals surface area contributed by atoms with Crippen molar-refractivity contribution in [3.8, 4) is 5.75 Å². The van der Waals surface area contributed by atoms with Gasteiger partial charge in [0.2, 0.25) is 10.0 Å². The molecule has 1 heterocycles. The summed E-state index contributed by atoms with van der Waals surface area (Å²) in [5.74, 6) is 0.387. The van der Waals surface area contributed by atoms with E-state index in [1.807, 2.05) is 19.9 Å². The first kappa shape index (κ1) is 15.3. The van der Waals surface area contributed by atoms with Crippen LogP contribution in [0.3, 0.4) is 0 Å². The Hall–Kier alpha value is -1.11. The van der Waals surface area contributed by atoms with E-state index >= 15 is 0 Å². The van der Waals surface area contributed by atoms with Gasteiger partial charge in [0.05, 0.1) is 12.7 Å². The topological polar surface area (TPSA) is 64.6 Å². The second-order valence-corrected chi connectivity index (χ2v) is 6.61. The van der Waals surface area contributed by atoms with Gasteiger partial charge in [0, 0.05) is 13.2 Å². The van der Waals surface area contributed by atoms with Gasteiger partial charge in [0.15, 0.2) is 0 Å².